The molecule has 0 aliphatic carbocycles. The van der Waals surface area contributed by atoms with Crippen molar-refractivity contribution in [1.29, 1.82) is 0 Å². The zero-order valence-electron chi connectivity index (χ0n) is 12.9. The molecular formula is C14H24N4O2S. The Morgan fingerprint density at radius 2 is 2.00 bits per heavy atom. The molecule has 0 atom stereocenters. The summed E-state index contributed by atoms with van der Waals surface area (Å²) in [6, 6.07) is -0.300. The summed E-state index contributed by atoms with van der Waals surface area (Å²) in [6.07, 6.45) is 1.70. The molecule has 2 N–H and O–H groups in total. The molecule has 0 saturated carbocycles. The van der Waals surface area contributed by atoms with Gasteiger partial charge in [0.25, 0.3) is 0 Å². The van der Waals surface area contributed by atoms with Gasteiger partial charge in [-0.2, -0.15) is 0 Å². The lowest BCUT2D eigenvalue weighted by atomic mass is 10.3. The summed E-state index contributed by atoms with van der Waals surface area (Å²) < 4.78 is 0. The molecule has 1 aromatic heterocycles. The van der Waals surface area contributed by atoms with Crippen molar-refractivity contribution in [1.82, 2.24) is 20.5 Å². The Balaban J connectivity index is 2.12. The fraction of sp³-hybridized carbons (Fsp3) is 0.643. The van der Waals surface area contributed by atoms with Crippen LogP contribution in [0.3, 0.4) is 0 Å². The number of amides is 3. The number of aryl methyl sites for hydroxylation is 2. The molecular weight excluding hydrogens is 288 g/mol. The third kappa shape index (κ3) is 6.57. The number of hydrogen-bond donors (Lipinski definition) is 2. The van der Waals surface area contributed by atoms with Crippen molar-refractivity contribution in [2.75, 3.05) is 26.2 Å². The lowest BCUT2D eigenvalue weighted by molar-refractivity contribution is -0.129. The molecule has 0 unspecified atom stereocenters. The van der Waals surface area contributed by atoms with Crippen LogP contribution in [0.2, 0.25) is 0 Å². The Bertz CT molecular complexity index is 458. The summed E-state index contributed by atoms with van der Waals surface area (Å²) in [5.74, 6) is -0.0617. The van der Waals surface area contributed by atoms with E-state index >= 15 is 0 Å². The predicted octanol–water partition coefficient (Wildman–Crippen LogP) is 1.55. The average Bonchev–Trinajstić information content (AvgIpc) is 2.88. The second-order valence-corrected chi connectivity index (χ2v) is 5.60. The van der Waals surface area contributed by atoms with E-state index in [1.54, 1.807) is 16.2 Å². The minimum Gasteiger partial charge on any atom is -0.342 e. The minimum absolute atomic E-state index is 0.0409. The molecule has 3 amide bonds. The Morgan fingerprint density at radius 1 is 1.29 bits per heavy atom. The smallest absolute Gasteiger partial charge is 0.315 e. The van der Waals surface area contributed by atoms with E-state index in [0.717, 1.165) is 23.5 Å². The van der Waals surface area contributed by atoms with E-state index < -0.39 is 0 Å². The highest BCUT2D eigenvalue weighted by Crippen LogP contribution is 2.10. The first-order valence-corrected chi connectivity index (χ1v) is 8.15. The van der Waals surface area contributed by atoms with Crippen LogP contribution in [0.15, 0.2) is 5.38 Å². The number of thiazole rings is 1. The topological polar surface area (TPSA) is 74.3 Å². The number of nitrogens with one attached hydrogen (secondary N) is 2. The van der Waals surface area contributed by atoms with Gasteiger partial charge >= 0.3 is 6.03 Å². The molecule has 0 fully saturated rings. The van der Waals surface area contributed by atoms with Crippen LogP contribution in [0, 0.1) is 6.92 Å². The molecule has 1 rings (SSSR count). The van der Waals surface area contributed by atoms with Crippen LogP contribution in [0.25, 0.3) is 0 Å². The molecule has 21 heavy (non-hydrogen) atoms. The largest absolute Gasteiger partial charge is 0.342 e. The monoisotopic (exact) mass is 312 g/mol. The molecule has 0 radical (unpaired) electrons. The number of likely N-dealkylation sites (N-methyl/N-ethyl adjacent to an activating group) is 1. The van der Waals surface area contributed by atoms with Crippen LogP contribution < -0.4 is 10.6 Å². The summed E-state index contributed by atoms with van der Waals surface area (Å²) in [5, 5.41) is 8.44. The summed E-state index contributed by atoms with van der Waals surface area (Å²) in [7, 11) is 0. The number of rotatable bonds is 8. The van der Waals surface area contributed by atoms with Crippen molar-refractivity contribution in [3.8, 4) is 0 Å². The van der Waals surface area contributed by atoms with Crippen LogP contribution in [0.5, 0.6) is 0 Å². The quantitative estimate of drug-likeness (QED) is 0.715. The highest BCUT2D eigenvalue weighted by molar-refractivity contribution is 7.09. The second-order valence-electron chi connectivity index (χ2n) is 4.66. The Hall–Kier alpha value is -1.63. The van der Waals surface area contributed by atoms with Crippen molar-refractivity contribution in [3.63, 3.8) is 0 Å². The summed E-state index contributed by atoms with van der Waals surface area (Å²) >= 11 is 1.64. The lowest BCUT2D eigenvalue weighted by Gasteiger charge is -2.18. The molecule has 6 nitrogen and oxygen atoms in total. The Morgan fingerprint density at radius 3 is 2.57 bits per heavy atom. The molecule has 1 aromatic rings. The number of carbonyl (C=O) groups excluding carboxylic acids is 2. The van der Waals surface area contributed by atoms with Gasteiger partial charge in [-0.15, -0.1) is 11.3 Å². The van der Waals surface area contributed by atoms with Crippen LogP contribution in [0.4, 0.5) is 4.79 Å². The Kier molecular flexibility index (Phi) is 7.74. The molecule has 0 bridgehead atoms. The van der Waals surface area contributed by atoms with Crippen molar-refractivity contribution in [3.05, 3.63) is 16.1 Å². The van der Waals surface area contributed by atoms with Crippen LogP contribution in [-0.4, -0.2) is 48.0 Å². The van der Waals surface area contributed by atoms with Crippen molar-refractivity contribution < 1.29 is 9.59 Å². The van der Waals surface area contributed by atoms with E-state index in [1.807, 2.05) is 26.2 Å². The zero-order valence-corrected chi connectivity index (χ0v) is 13.8. The standard InChI is InChI=1S/C14H24N4O2S/c1-4-18(5-2)13(19)9-16-14(20)15-8-6-7-12-17-11(3)10-21-12/h10H,4-9H2,1-3H3,(H2,15,16,20). The SMILES string of the molecule is CCN(CC)C(=O)CNC(=O)NCCCc1nc(C)cs1. The van der Waals surface area contributed by atoms with Gasteiger partial charge < -0.3 is 15.5 Å². The average molecular weight is 312 g/mol. The maximum Gasteiger partial charge on any atom is 0.315 e. The number of urea groups is 1. The lowest BCUT2D eigenvalue weighted by Crippen LogP contribution is -2.43. The molecule has 118 valence electrons. The van der Waals surface area contributed by atoms with Gasteiger partial charge in [0.2, 0.25) is 5.91 Å². The van der Waals surface area contributed by atoms with Crippen LogP contribution in [-0.2, 0) is 11.2 Å². The van der Waals surface area contributed by atoms with Gasteiger partial charge in [-0.25, -0.2) is 9.78 Å². The molecule has 0 aromatic carbocycles. The first kappa shape index (κ1) is 17.4. The summed E-state index contributed by atoms with van der Waals surface area (Å²) in [5.41, 5.74) is 1.04. The van der Waals surface area contributed by atoms with E-state index in [2.05, 4.69) is 15.6 Å². The van der Waals surface area contributed by atoms with Gasteiger partial charge in [-0.1, -0.05) is 0 Å². The van der Waals surface area contributed by atoms with Gasteiger partial charge in [-0.3, -0.25) is 4.79 Å². The molecule has 1 heterocycles. The van der Waals surface area contributed by atoms with Crippen molar-refractivity contribution in [2.24, 2.45) is 0 Å². The van der Waals surface area contributed by atoms with Crippen LogP contribution >= 0.6 is 11.3 Å². The van der Waals surface area contributed by atoms with Crippen molar-refractivity contribution in [2.45, 2.75) is 33.6 Å². The number of hydrogen-bond acceptors (Lipinski definition) is 4. The second kappa shape index (κ2) is 9.33. The normalized spacial score (nSPS) is 10.2. The van der Waals surface area contributed by atoms with Gasteiger partial charge in [0.15, 0.2) is 0 Å². The van der Waals surface area contributed by atoms with E-state index in [1.165, 1.54) is 0 Å². The van der Waals surface area contributed by atoms with E-state index in [-0.39, 0.29) is 18.5 Å². The minimum atomic E-state index is -0.300. The summed E-state index contributed by atoms with van der Waals surface area (Å²) in [6.45, 7) is 7.74. The first-order valence-electron chi connectivity index (χ1n) is 7.27. The third-order valence-corrected chi connectivity index (χ3v) is 4.06. The molecule has 0 saturated heterocycles. The van der Waals surface area contributed by atoms with Crippen LogP contribution in [0.1, 0.15) is 31.0 Å². The van der Waals surface area contributed by atoms with E-state index in [0.29, 0.717) is 19.6 Å². The van der Waals surface area contributed by atoms with E-state index in [9.17, 15) is 9.59 Å². The highest BCUT2D eigenvalue weighted by atomic mass is 32.1. The van der Waals surface area contributed by atoms with Crippen molar-refractivity contribution >= 4 is 23.3 Å². The first-order chi connectivity index (χ1) is 10.1. The van der Waals surface area contributed by atoms with Gasteiger partial charge in [0.1, 0.15) is 0 Å². The fourth-order valence-corrected chi connectivity index (χ4v) is 2.68. The van der Waals surface area contributed by atoms with Gasteiger partial charge in [0.05, 0.1) is 11.6 Å². The molecule has 7 heteroatoms. The molecule has 0 aliphatic rings. The predicted molar refractivity (Wildman–Crippen MR) is 84.5 cm³/mol. The van der Waals surface area contributed by atoms with Gasteiger partial charge in [0, 0.05) is 37.1 Å². The third-order valence-electron chi connectivity index (χ3n) is 3.04. The zero-order chi connectivity index (χ0) is 15.7. The number of nitrogens with zero attached hydrogens (tertiary/aromatic N) is 2. The van der Waals surface area contributed by atoms with E-state index in [4.69, 9.17) is 0 Å². The number of carbonyl (C=O) groups is 2. The van der Waals surface area contributed by atoms with Gasteiger partial charge in [-0.05, 0) is 27.2 Å². The maximum absolute atomic E-state index is 11.7. The Labute approximate surface area is 129 Å². The fourth-order valence-electron chi connectivity index (χ4n) is 1.87. The number of aromatic nitrogens is 1. The maximum atomic E-state index is 11.7. The summed E-state index contributed by atoms with van der Waals surface area (Å²) in [4.78, 5) is 29.3. The highest BCUT2D eigenvalue weighted by Gasteiger charge is 2.10. The molecule has 0 spiro atoms. The molecule has 0 aliphatic heterocycles.